The SMILES string of the molecule is c1ccc2nc3c(ccc4c3ccc3n[nH]nc34)nc2c1. The smallest absolute Gasteiger partial charge is 0.120 e. The highest BCUT2D eigenvalue weighted by Gasteiger charge is 2.09. The van der Waals surface area contributed by atoms with Gasteiger partial charge in [-0.1, -0.05) is 12.1 Å². The van der Waals surface area contributed by atoms with Gasteiger partial charge < -0.3 is 0 Å². The summed E-state index contributed by atoms with van der Waals surface area (Å²) in [5.74, 6) is 0. The summed E-state index contributed by atoms with van der Waals surface area (Å²) in [7, 11) is 0. The van der Waals surface area contributed by atoms with Crippen LogP contribution in [0.3, 0.4) is 0 Å². The van der Waals surface area contributed by atoms with Gasteiger partial charge >= 0.3 is 0 Å². The molecule has 0 bridgehead atoms. The molecule has 3 aromatic carbocycles. The van der Waals surface area contributed by atoms with Crippen molar-refractivity contribution in [3.8, 4) is 0 Å². The lowest BCUT2D eigenvalue weighted by Gasteiger charge is -2.04. The predicted molar refractivity (Wildman–Crippen MR) is 82.0 cm³/mol. The van der Waals surface area contributed by atoms with Gasteiger partial charge in [-0.05, 0) is 36.4 Å². The molecule has 0 atom stereocenters. The summed E-state index contributed by atoms with van der Waals surface area (Å²) < 4.78 is 0. The van der Waals surface area contributed by atoms with E-state index in [9.17, 15) is 0 Å². The van der Waals surface area contributed by atoms with Crippen molar-refractivity contribution in [2.75, 3.05) is 0 Å². The van der Waals surface area contributed by atoms with Crippen molar-refractivity contribution in [3.05, 3.63) is 48.5 Å². The van der Waals surface area contributed by atoms with Gasteiger partial charge in [0, 0.05) is 10.8 Å². The molecular weight excluding hydrogens is 262 g/mol. The second kappa shape index (κ2) is 3.73. The lowest BCUT2D eigenvalue weighted by molar-refractivity contribution is 0.960. The Hall–Kier alpha value is -3.08. The van der Waals surface area contributed by atoms with E-state index in [-0.39, 0.29) is 0 Å². The van der Waals surface area contributed by atoms with Crippen LogP contribution in [0.15, 0.2) is 48.5 Å². The number of rotatable bonds is 0. The Bertz CT molecular complexity index is 1140. The van der Waals surface area contributed by atoms with E-state index in [0.717, 1.165) is 43.9 Å². The number of H-pyrrole nitrogens is 1. The summed E-state index contributed by atoms with van der Waals surface area (Å²) in [6.07, 6.45) is 0. The van der Waals surface area contributed by atoms with E-state index in [1.165, 1.54) is 0 Å². The minimum atomic E-state index is 0.857. The van der Waals surface area contributed by atoms with E-state index in [1.54, 1.807) is 0 Å². The molecule has 0 radical (unpaired) electrons. The minimum absolute atomic E-state index is 0.857. The van der Waals surface area contributed by atoms with Gasteiger partial charge in [0.2, 0.25) is 0 Å². The van der Waals surface area contributed by atoms with Crippen molar-refractivity contribution in [1.29, 1.82) is 0 Å². The molecular formula is C16H9N5. The first-order chi connectivity index (χ1) is 10.4. The summed E-state index contributed by atoms with van der Waals surface area (Å²) in [5.41, 5.74) is 5.32. The van der Waals surface area contributed by atoms with Crippen molar-refractivity contribution in [2.24, 2.45) is 0 Å². The van der Waals surface area contributed by atoms with Crippen LogP contribution >= 0.6 is 0 Å². The zero-order valence-corrected chi connectivity index (χ0v) is 10.9. The summed E-state index contributed by atoms with van der Waals surface area (Å²) in [6, 6.07) is 15.9. The quantitative estimate of drug-likeness (QED) is 0.347. The molecule has 21 heavy (non-hydrogen) atoms. The first-order valence-corrected chi connectivity index (χ1v) is 6.69. The fourth-order valence-corrected chi connectivity index (χ4v) is 2.80. The molecule has 0 aliphatic carbocycles. The zero-order chi connectivity index (χ0) is 13.8. The van der Waals surface area contributed by atoms with Crippen molar-refractivity contribution in [1.82, 2.24) is 25.4 Å². The number of nitrogens with one attached hydrogen (secondary N) is 1. The van der Waals surface area contributed by atoms with Crippen LogP contribution in [0, 0.1) is 0 Å². The van der Waals surface area contributed by atoms with E-state index < -0.39 is 0 Å². The third-order valence-electron chi connectivity index (χ3n) is 3.79. The van der Waals surface area contributed by atoms with Crippen molar-refractivity contribution in [2.45, 2.75) is 0 Å². The molecule has 0 saturated heterocycles. The normalized spacial score (nSPS) is 11.8. The molecule has 98 valence electrons. The maximum atomic E-state index is 4.78. The molecule has 0 saturated carbocycles. The molecule has 5 nitrogen and oxygen atoms in total. The lowest BCUT2D eigenvalue weighted by Crippen LogP contribution is -1.89. The van der Waals surface area contributed by atoms with Crippen LogP contribution in [-0.4, -0.2) is 25.4 Å². The second-order valence-electron chi connectivity index (χ2n) is 5.00. The minimum Gasteiger partial charge on any atom is -0.244 e. The summed E-state index contributed by atoms with van der Waals surface area (Å²) in [5, 5.41) is 13.1. The Kier molecular flexibility index (Phi) is 1.90. The highest BCUT2D eigenvalue weighted by atomic mass is 15.3. The summed E-state index contributed by atoms with van der Waals surface area (Å²) in [6.45, 7) is 0. The molecule has 5 rings (SSSR count). The Balaban J connectivity index is 2.04. The standard InChI is InChI=1S/C16H9N5/c1-2-4-12-11(3-1)17-13-7-5-10-9(15(13)18-12)6-8-14-16(10)20-21-19-14/h1-8H,(H,19,20,21). The largest absolute Gasteiger partial charge is 0.244 e. The Morgan fingerprint density at radius 2 is 1.29 bits per heavy atom. The molecule has 0 unspecified atom stereocenters. The van der Waals surface area contributed by atoms with Gasteiger partial charge in [0.25, 0.3) is 0 Å². The molecule has 0 fully saturated rings. The van der Waals surface area contributed by atoms with Crippen LogP contribution in [0.4, 0.5) is 0 Å². The molecule has 0 aliphatic rings. The van der Waals surface area contributed by atoms with E-state index in [0.29, 0.717) is 0 Å². The number of benzene rings is 3. The zero-order valence-electron chi connectivity index (χ0n) is 10.9. The van der Waals surface area contributed by atoms with E-state index in [2.05, 4.69) is 20.4 Å². The number of hydrogen-bond acceptors (Lipinski definition) is 4. The molecule has 0 aliphatic heterocycles. The highest BCUT2D eigenvalue weighted by Crippen LogP contribution is 2.28. The number of fused-ring (bicyclic) bond motifs is 6. The van der Waals surface area contributed by atoms with Gasteiger partial charge in [-0.2, -0.15) is 15.4 Å². The average Bonchev–Trinajstić information content (AvgIpc) is 3.01. The van der Waals surface area contributed by atoms with E-state index >= 15 is 0 Å². The lowest BCUT2D eigenvalue weighted by atomic mass is 10.1. The number of para-hydroxylation sites is 2. The van der Waals surface area contributed by atoms with Crippen molar-refractivity contribution < 1.29 is 0 Å². The van der Waals surface area contributed by atoms with Crippen LogP contribution < -0.4 is 0 Å². The Morgan fingerprint density at radius 1 is 0.571 bits per heavy atom. The summed E-state index contributed by atoms with van der Waals surface area (Å²) in [4.78, 5) is 9.47. The van der Waals surface area contributed by atoms with Gasteiger partial charge in [-0.15, -0.1) is 0 Å². The van der Waals surface area contributed by atoms with Crippen LogP contribution in [0.25, 0.3) is 43.9 Å². The van der Waals surface area contributed by atoms with Crippen LogP contribution in [0.5, 0.6) is 0 Å². The molecule has 0 amide bonds. The van der Waals surface area contributed by atoms with Crippen molar-refractivity contribution in [3.63, 3.8) is 0 Å². The number of aromatic amines is 1. The third-order valence-corrected chi connectivity index (χ3v) is 3.79. The fourth-order valence-electron chi connectivity index (χ4n) is 2.80. The van der Waals surface area contributed by atoms with Gasteiger partial charge in [-0.3, -0.25) is 0 Å². The number of aromatic nitrogens is 5. The Morgan fingerprint density at radius 3 is 2.14 bits per heavy atom. The molecule has 2 heterocycles. The van der Waals surface area contributed by atoms with Gasteiger partial charge in [-0.25, -0.2) is 9.97 Å². The van der Waals surface area contributed by atoms with Gasteiger partial charge in [0.05, 0.1) is 22.1 Å². The average molecular weight is 271 g/mol. The van der Waals surface area contributed by atoms with Crippen LogP contribution in [0.1, 0.15) is 0 Å². The number of nitrogens with zero attached hydrogens (tertiary/aromatic N) is 4. The van der Waals surface area contributed by atoms with Gasteiger partial charge in [0.1, 0.15) is 11.0 Å². The van der Waals surface area contributed by atoms with E-state index in [4.69, 9.17) is 4.98 Å². The first-order valence-electron chi connectivity index (χ1n) is 6.69. The Labute approximate surface area is 118 Å². The highest BCUT2D eigenvalue weighted by molar-refractivity contribution is 6.14. The molecule has 0 spiro atoms. The van der Waals surface area contributed by atoms with E-state index in [1.807, 2.05) is 48.5 Å². The molecule has 5 heteroatoms. The maximum absolute atomic E-state index is 4.78. The predicted octanol–water partition coefficient (Wildman–Crippen LogP) is 3.21. The first kappa shape index (κ1) is 10.7. The summed E-state index contributed by atoms with van der Waals surface area (Å²) >= 11 is 0. The van der Waals surface area contributed by atoms with Crippen molar-refractivity contribution >= 4 is 43.9 Å². The monoisotopic (exact) mass is 271 g/mol. The number of hydrogen-bond donors (Lipinski definition) is 1. The molecule has 2 aromatic heterocycles. The maximum Gasteiger partial charge on any atom is 0.120 e. The topological polar surface area (TPSA) is 67.3 Å². The third kappa shape index (κ3) is 1.40. The van der Waals surface area contributed by atoms with Gasteiger partial charge in [0.15, 0.2) is 0 Å². The second-order valence-corrected chi connectivity index (χ2v) is 5.00. The van der Waals surface area contributed by atoms with Crippen LogP contribution in [-0.2, 0) is 0 Å². The molecule has 1 N–H and O–H groups in total. The van der Waals surface area contributed by atoms with Crippen LogP contribution in [0.2, 0.25) is 0 Å². The molecule has 5 aromatic rings. The fraction of sp³-hybridized carbons (Fsp3) is 0.